The van der Waals surface area contributed by atoms with E-state index in [4.69, 9.17) is 0 Å². The molecular formula is C23H48N2. The fourth-order valence-corrected chi connectivity index (χ4v) is 3.57. The average molecular weight is 353 g/mol. The van der Waals surface area contributed by atoms with Crippen molar-refractivity contribution < 1.29 is 0 Å². The van der Waals surface area contributed by atoms with Gasteiger partial charge in [-0.1, -0.05) is 89.5 Å². The van der Waals surface area contributed by atoms with Crippen LogP contribution in [0.3, 0.4) is 0 Å². The van der Waals surface area contributed by atoms with E-state index in [1.165, 1.54) is 108 Å². The second-order valence-electron chi connectivity index (χ2n) is 8.02. The lowest BCUT2D eigenvalue weighted by molar-refractivity contribution is 0.156. The number of hydrogen-bond donors (Lipinski definition) is 1. The number of hydrazine groups is 1. The lowest BCUT2D eigenvalue weighted by Gasteiger charge is -2.27. The zero-order valence-corrected chi connectivity index (χ0v) is 18.0. The molecule has 1 N–H and O–H groups in total. The third-order valence-electron chi connectivity index (χ3n) is 5.43. The molecule has 1 atom stereocenters. The van der Waals surface area contributed by atoms with E-state index in [1.54, 1.807) is 0 Å². The standard InChI is InChI=1S/C23H48N2/c1-6-7-8-9-10-14-17-20-23(25(5)24-4)21-18-15-12-11-13-16-19-22(2)3/h23-24H,2,6-21H2,1,3-5H3. The summed E-state index contributed by atoms with van der Waals surface area (Å²) in [4.78, 5) is 0. The molecule has 0 aliphatic rings. The van der Waals surface area contributed by atoms with Gasteiger partial charge in [-0.15, -0.1) is 6.58 Å². The highest BCUT2D eigenvalue weighted by atomic mass is 15.5. The van der Waals surface area contributed by atoms with Gasteiger partial charge in [-0.3, -0.25) is 5.43 Å². The number of rotatable bonds is 19. The first-order valence-electron chi connectivity index (χ1n) is 11.2. The van der Waals surface area contributed by atoms with Crippen LogP contribution in [0.25, 0.3) is 0 Å². The van der Waals surface area contributed by atoms with Crippen molar-refractivity contribution in [3.05, 3.63) is 12.2 Å². The first-order valence-corrected chi connectivity index (χ1v) is 11.2. The minimum absolute atomic E-state index is 0.712. The van der Waals surface area contributed by atoms with Crippen LogP contribution < -0.4 is 5.43 Å². The van der Waals surface area contributed by atoms with Gasteiger partial charge in [0.2, 0.25) is 0 Å². The Morgan fingerprint density at radius 3 is 1.68 bits per heavy atom. The van der Waals surface area contributed by atoms with Crippen LogP contribution in [0.4, 0.5) is 0 Å². The molecule has 150 valence electrons. The molecule has 0 saturated carbocycles. The Labute approximate surface area is 159 Å². The fourth-order valence-electron chi connectivity index (χ4n) is 3.57. The zero-order chi connectivity index (χ0) is 18.8. The summed E-state index contributed by atoms with van der Waals surface area (Å²) in [5.74, 6) is 0. The van der Waals surface area contributed by atoms with E-state index < -0.39 is 0 Å². The van der Waals surface area contributed by atoms with Crippen LogP contribution in [0, 0.1) is 0 Å². The molecule has 0 fully saturated rings. The van der Waals surface area contributed by atoms with Gasteiger partial charge in [-0.05, 0) is 39.7 Å². The van der Waals surface area contributed by atoms with Gasteiger partial charge >= 0.3 is 0 Å². The largest absolute Gasteiger partial charge is 0.258 e. The molecule has 0 rings (SSSR count). The molecule has 0 aromatic carbocycles. The average Bonchev–Trinajstić information content (AvgIpc) is 2.60. The van der Waals surface area contributed by atoms with E-state index in [1.807, 2.05) is 0 Å². The van der Waals surface area contributed by atoms with Gasteiger partial charge < -0.3 is 0 Å². The van der Waals surface area contributed by atoms with E-state index in [9.17, 15) is 0 Å². The Bertz CT molecular complexity index is 288. The number of hydrogen-bond acceptors (Lipinski definition) is 2. The van der Waals surface area contributed by atoms with E-state index in [0.29, 0.717) is 6.04 Å². The maximum atomic E-state index is 3.98. The number of nitrogens with one attached hydrogen (secondary N) is 1. The van der Waals surface area contributed by atoms with Gasteiger partial charge in [0.05, 0.1) is 0 Å². The Morgan fingerprint density at radius 2 is 1.24 bits per heavy atom. The Balaban J connectivity index is 3.66. The van der Waals surface area contributed by atoms with Gasteiger partial charge in [0.15, 0.2) is 0 Å². The molecule has 0 spiro atoms. The molecular weight excluding hydrogens is 304 g/mol. The summed E-state index contributed by atoms with van der Waals surface area (Å²) in [6.45, 7) is 8.42. The number of unbranched alkanes of at least 4 members (excludes halogenated alkanes) is 11. The SMILES string of the molecule is C=C(C)CCCCCCCCC(CCCCCCCCC)N(C)NC. The molecule has 1 unspecified atom stereocenters. The van der Waals surface area contributed by atoms with Gasteiger partial charge in [-0.25, -0.2) is 5.01 Å². The van der Waals surface area contributed by atoms with E-state index in [2.05, 4.69) is 45.0 Å². The molecule has 0 aromatic heterocycles. The molecule has 2 heteroatoms. The molecule has 0 aromatic rings. The summed E-state index contributed by atoms with van der Waals surface area (Å²) in [5.41, 5.74) is 4.67. The number of nitrogens with zero attached hydrogens (tertiary/aromatic N) is 1. The van der Waals surface area contributed by atoms with Crippen LogP contribution in [0.15, 0.2) is 12.2 Å². The molecule has 0 heterocycles. The van der Waals surface area contributed by atoms with Crippen molar-refractivity contribution in [2.45, 2.75) is 123 Å². The molecule has 2 nitrogen and oxygen atoms in total. The fraction of sp³-hybridized carbons (Fsp3) is 0.913. The highest BCUT2D eigenvalue weighted by Gasteiger charge is 2.12. The molecule has 0 bridgehead atoms. The second-order valence-corrected chi connectivity index (χ2v) is 8.02. The number of allylic oxidation sites excluding steroid dienone is 1. The van der Waals surface area contributed by atoms with Crippen molar-refractivity contribution in [3.63, 3.8) is 0 Å². The Morgan fingerprint density at radius 1 is 0.800 bits per heavy atom. The monoisotopic (exact) mass is 352 g/mol. The molecule has 0 aliphatic heterocycles. The summed E-state index contributed by atoms with van der Waals surface area (Å²) in [6, 6.07) is 0.712. The third kappa shape index (κ3) is 16.9. The lowest BCUT2D eigenvalue weighted by Crippen LogP contribution is -2.40. The molecule has 25 heavy (non-hydrogen) atoms. The van der Waals surface area contributed by atoms with Crippen molar-refractivity contribution in [1.29, 1.82) is 0 Å². The predicted molar refractivity (Wildman–Crippen MR) is 115 cm³/mol. The lowest BCUT2D eigenvalue weighted by atomic mass is 9.99. The summed E-state index contributed by atoms with van der Waals surface area (Å²) in [5, 5.41) is 2.34. The van der Waals surface area contributed by atoms with Gasteiger partial charge in [0.25, 0.3) is 0 Å². The molecule has 0 aliphatic carbocycles. The van der Waals surface area contributed by atoms with Crippen LogP contribution in [0.2, 0.25) is 0 Å². The van der Waals surface area contributed by atoms with Crippen LogP contribution >= 0.6 is 0 Å². The first kappa shape index (κ1) is 24.7. The summed E-state index contributed by atoms with van der Waals surface area (Å²) in [7, 11) is 4.27. The van der Waals surface area contributed by atoms with E-state index >= 15 is 0 Å². The predicted octanol–water partition coefficient (Wildman–Crippen LogP) is 7.26. The van der Waals surface area contributed by atoms with Crippen molar-refractivity contribution in [2.24, 2.45) is 0 Å². The van der Waals surface area contributed by atoms with Crippen molar-refractivity contribution in [3.8, 4) is 0 Å². The van der Waals surface area contributed by atoms with Gasteiger partial charge in [-0.2, -0.15) is 0 Å². The zero-order valence-electron chi connectivity index (χ0n) is 18.0. The molecule has 0 saturated heterocycles. The van der Waals surface area contributed by atoms with E-state index in [0.717, 1.165) is 0 Å². The van der Waals surface area contributed by atoms with Crippen LogP contribution in [-0.2, 0) is 0 Å². The first-order chi connectivity index (χ1) is 12.1. The van der Waals surface area contributed by atoms with Gasteiger partial charge in [0.1, 0.15) is 0 Å². The second kappa shape index (κ2) is 18.5. The molecule has 0 radical (unpaired) electrons. The summed E-state index contributed by atoms with van der Waals surface area (Å²) in [6.07, 6.45) is 22.1. The maximum absolute atomic E-state index is 3.98. The van der Waals surface area contributed by atoms with Crippen molar-refractivity contribution >= 4 is 0 Å². The highest BCUT2D eigenvalue weighted by Crippen LogP contribution is 2.17. The van der Waals surface area contributed by atoms with Crippen LogP contribution in [-0.4, -0.2) is 25.1 Å². The van der Waals surface area contributed by atoms with Gasteiger partial charge in [0, 0.05) is 13.1 Å². The smallest absolute Gasteiger partial charge is 0.0240 e. The van der Waals surface area contributed by atoms with Crippen LogP contribution in [0.5, 0.6) is 0 Å². The Hall–Kier alpha value is -0.340. The van der Waals surface area contributed by atoms with Crippen molar-refractivity contribution in [1.82, 2.24) is 10.4 Å². The minimum Gasteiger partial charge on any atom is -0.258 e. The normalized spacial score (nSPS) is 12.7. The summed E-state index contributed by atoms with van der Waals surface area (Å²) >= 11 is 0. The quantitative estimate of drug-likeness (QED) is 0.149. The van der Waals surface area contributed by atoms with E-state index in [-0.39, 0.29) is 0 Å². The van der Waals surface area contributed by atoms with Crippen LogP contribution in [0.1, 0.15) is 117 Å². The topological polar surface area (TPSA) is 15.3 Å². The third-order valence-corrected chi connectivity index (χ3v) is 5.43. The summed E-state index contributed by atoms with van der Waals surface area (Å²) < 4.78 is 0. The Kier molecular flexibility index (Phi) is 18.2. The van der Waals surface area contributed by atoms with Crippen molar-refractivity contribution in [2.75, 3.05) is 14.1 Å². The maximum Gasteiger partial charge on any atom is 0.0240 e. The minimum atomic E-state index is 0.712. The molecule has 0 amide bonds. The highest BCUT2D eigenvalue weighted by molar-refractivity contribution is 4.86.